The molecule has 1 aliphatic heterocycles. The predicted molar refractivity (Wildman–Crippen MR) is 48.8 cm³/mol. The number of nitrogens with two attached hydrogens (primary N) is 1. The van der Waals surface area contributed by atoms with Crippen molar-refractivity contribution in [3.05, 3.63) is 0 Å². The van der Waals surface area contributed by atoms with Crippen molar-refractivity contribution in [3.63, 3.8) is 0 Å². The molecule has 0 bridgehead atoms. The second-order valence-corrected chi connectivity index (χ2v) is 3.98. The lowest BCUT2D eigenvalue weighted by Crippen LogP contribution is -2.40. The quantitative estimate of drug-likeness (QED) is 0.692. The summed E-state index contributed by atoms with van der Waals surface area (Å²) in [4.78, 5) is 2.25. The maximum absolute atomic E-state index is 12.8. The van der Waals surface area contributed by atoms with Crippen molar-refractivity contribution in [1.29, 1.82) is 0 Å². The van der Waals surface area contributed by atoms with Gasteiger partial charge in [0, 0.05) is 5.41 Å². The Morgan fingerprint density at radius 2 is 2.00 bits per heavy atom. The van der Waals surface area contributed by atoms with Crippen LogP contribution >= 0.6 is 0 Å². The van der Waals surface area contributed by atoms with Crippen LogP contribution in [0.4, 0.5) is 4.39 Å². The molecular weight excluding hydrogens is 155 g/mol. The third kappa shape index (κ3) is 2.17. The van der Waals surface area contributed by atoms with Gasteiger partial charge in [-0.2, -0.15) is 0 Å². The van der Waals surface area contributed by atoms with Gasteiger partial charge in [-0.15, -0.1) is 0 Å². The van der Waals surface area contributed by atoms with Gasteiger partial charge in [-0.3, -0.25) is 4.39 Å². The SMILES string of the molecule is CN1CCC(CF)(CCN)CC1. The first-order chi connectivity index (χ1) is 5.72. The molecule has 0 unspecified atom stereocenters. The van der Waals surface area contributed by atoms with Gasteiger partial charge in [0.2, 0.25) is 0 Å². The Kier molecular flexibility index (Phi) is 3.47. The highest BCUT2D eigenvalue weighted by molar-refractivity contribution is 4.84. The van der Waals surface area contributed by atoms with Gasteiger partial charge in [-0.05, 0) is 45.9 Å². The fourth-order valence-corrected chi connectivity index (χ4v) is 1.85. The summed E-state index contributed by atoms with van der Waals surface area (Å²) >= 11 is 0. The summed E-state index contributed by atoms with van der Waals surface area (Å²) in [6.45, 7) is 2.46. The smallest absolute Gasteiger partial charge is 0.0952 e. The number of alkyl halides is 1. The maximum atomic E-state index is 12.8. The first kappa shape index (κ1) is 9.93. The van der Waals surface area contributed by atoms with Crippen molar-refractivity contribution in [2.24, 2.45) is 11.1 Å². The molecule has 0 radical (unpaired) electrons. The van der Waals surface area contributed by atoms with Crippen LogP contribution in [0.3, 0.4) is 0 Å². The third-order valence-corrected chi connectivity index (χ3v) is 3.01. The van der Waals surface area contributed by atoms with E-state index in [1.807, 2.05) is 0 Å². The second kappa shape index (κ2) is 4.19. The number of hydrogen-bond donors (Lipinski definition) is 1. The van der Waals surface area contributed by atoms with Crippen LogP contribution in [0.1, 0.15) is 19.3 Å². The lowest BCUT2D eigenvalue weighted by molar-refractivity contribution is 0.0850. The highest BCUT2D eigenvalue weighted by Gasteiger charge is 2.32. The fourth-order valence-electron chi connectivity index (χ4n) is 1.85. The topological polar surface area (TPSA) is 29.3 Å². The number of piperidine rings is 1. The van der Waals surface area contributed by atoms with E-state index in [1.165, 1.54) is 0 Å². The Hall–Kier alpha value is -0.150. The van der Waals surface area contributed by atoms with Crippen molar-refractivity contribution in [2.75, 3.05) is 33.4 Å². The van der Waals surface area contributed by atoms with E-state index in [-0.39, 0.29) is 12.1 Å². The Morgan fingerprint density at radius 3 is 2.42 bits per heavy atom. The average Bonchev–Trinajstić information content (AvgIpc) is 2.10. The van der Waals surface area contributed by atoms with Crippen LogP contribution in [0, 0.1) is 5.41 Å². The Bertz CT molecular complexity index is 130. The Balaban J connectivity index is 2.45. The van der Waals surface area contributed by atoms with Gasteiger partial charge in [-0.25, -0.2) is 0 Å². The summed E-state index contributed by atoms with van der Waals surface area (Å²) in [5.41, 5.74) is 5.39. The van der Waals surface area contributed by atoms with Gasteiger partial charge in [0.1, 0.15) is 0 Å². The number of likely N-dealkylation sites (tertiary alicyclic amines) is 1. The first-order valence-electron chi connectivity index (χ1n) is 4.67. The zero-order valence-corrected chi connectivity index (χ0v) is 7.85. The molecule has 0 aromatic carbocycles. The van der Waals surface area contributed by atoms with E-state index in [0.29, 0.717) is 6.54 Å². The maximum Gasteiger partial charge on any atom is 0.0952 e. The molecular formula is C9H19FN2. The molecule has 3 heteroatoms. The van der Waals surface area contributed by atoms with Crippen molar-refractivity contribution in [1.82, 2.24) is 4.90 Å². The Labute approximate surface area is 73.9 Å². The second-order valence-electron chi connectivity index (χ2n) is 3.98. The molecule has 1 fully saturated rings. The van der Waals surface area contributed by atoms with Gasteiger partial charge in [-0.1, -0.05) is 0 Å². The summed E-state index contributed by atoms with van der Waals surface area (Å²) in [6, 6.07) is 0. The van der Waals surface area contributed by atoms with E-state index in [4.69, 9.17) is 5.73 Å². The van der Waals surface area contributed by atoms with E-state index in [0.717, 1.165) is 32.4 Å². The number of rotatable bonds is 3. The zero-order chi connectivity index (χ0) is 9.03. The Morgan fingerprint density at radius 1 is 1.42 bits per heavy atom. The summed E-state index contributed by atoms with van der Waals surface area (Å²) in [5, 5.41) is 0. The van der Waals surface area contributed by atoms with Gasteiger partial charge < -0.3 is 10.6 Å². The lowest BCUT2D eigenvalue weighted by Gasteiger charge is -2.38. The predicted octanol–water partition coefficient (Wildman–Crippen LogP) is 1.02. The molecule has 0 aromatic heterocycles. The summed E-state index contributed by atoms with van der Waals surface area (Å²) < 4.78 is 12.8. The highest BCUT2D eigenvalue weighted by Crippen LogP contribution is 2.34. The van der Waals surface area contributed by atoms with E-state index < -0.39 is 0 Å². The molecule has 72 valence electrons. The standard InChI is InChI=1S/C9H19FN2/c1-12-6-3-9(8-10,2-5-11)4-7-12/h2-8,11H2,1H3. The molecule has 0 saturated carbocycles. The molecule has 0 spiro atoms. The van der Waals surface area contributed by atoms with Crippen molar-refractivity contribution >= 4 is 0 Å². The molecule has 2 N–H and O–H groups in total. The van der Waals surface area contributed by atoms with Gasteiger partial charge >= 0.3 is 0 Å². The van der Waals surface area contributed by atoms with Gasteiger partial charge in [0.25, 0.3) is 0 Å². The van der Waals surface area contributed by atoms with Crippen LogP contribution in [0.25, 0.3) is 0 Å². The molecule has 12 heavy (non-hydrogen) atoms. The molecule has 1 heterocycles. The highest BCUT2D eigenvalue weighted by atomic mass is 19.1. The minimum absolute atomic E-state index is 0.0821. The van der Waals surface area contributed by atoms with Crippen LogP contribution in [0.2, 0.25) is 0 Å². The van der Waals surface area contributed by atoms with Crippen molar-refractivity contribution in [3.8, 4) is 0 Å². The molecule has 0 aliphatic carbocycles. The minimum atomic E-state index is -0.196. The lowest BCUT2D eigenvalue weighted by atomic mass is 9.77. The van der Waals surface area contributed by atoms with Crippen LogP contribution in [0.15, 0.2) is 0 Å². The monoisotopic (exact) mass is 174 g/mol. The summed E-state index contributed by atoms with van der Waals surface area (Å²) in [7, 11) is 2.09. The first-order valence-corrected chi connectivity index (χ1v) is 4.67. The van der Waals surface area contributed by atoms with E-state index in [2.05, 4.69) is 11.9 Å². The minimum Gasteiger partial charge on any atom is -0.330 e. The van der Waals surface area contributed by atoms with Crippen LogP contribution in [0.5, 0.6) is 0 Å². The van der Waals surface area contributed by atoms with Crippen molar-refractivity contribution in [2.45, 2.75) is 19.3 Å². The van der Waals surface area contributed by atoms with E-state index in [9.17, 15) is 4.39 Å². The molecule has 0 amide bonds. The van der Waals surface area contributed by atoms with Crippen LogP contribution in [-0.2, 0) is 0 Å². The van der Waals surface area contributed by atoms with Gasteiger partial charge in [0.05, 0.1) is 6.67 Å². The molecule has 1 rings (SSSR count). The zero-order valence-electron chi connectivity index (χ0n) is 7.85. The summed E-state index contributed by atoms with van der Waals surface area (Å²) in [6.07, 6.45) is 2.78. The number of halogens is 1. The normalized spacial score (nSPS) is 24.2. The average molecular weight is 174 g/mol. The number of nitrogens with zero attached hydrogens (tertiary/aromatic N) is 1. The molecule has 1 saturated heterocycles. The summed E-state index contributed by atoms with van der Waals surface area (Å²) in [5.74, 6) is 0. The van der Waals surface area contributed by atoms with E-state index >= 15 is 0 Å². The molecule has 0 atom stereocenters. The van der Waals surface area contributed by atoms with E-state index in [1.54, 1.807) is 0 Å². The van der Waals surface area contributed by atoms with Crippen molar-refractivity contribution < 1.29 is 4.39 Å². The fraction of sp³-hybridized carbons (Fsp3) is 1.00. The third-order valence-electron chi connectivity index (χ3n) is 3.01. The largest absolute Gasteiger partial charge is 0.330 e. The van der Waals surface area contributed by atoms with Gasteiger partial charge in [0.15, 0.2) is 0 Å². The molecule has 0 aromatic rings. The van der Waals surface area contributed by atoms with Crippen LogP contribution in [-0.4, -0.2) is 38.3 Å². The molecule has 1 aliphatic rings. The number of hydrogen-bond acceptors (Lipinski definition) is 2. The molecule has 2 nitrogen and oxygen atoms in total. The van der Waals surface area contributed by atoms with Crippen LogP contribution < -0.4 is 5.73 Å².